The Hall–Kier alpha value is -1.92. The minimum atomic E-state index is -0.0201. The lowest BCUT2D eigenvalue weighted by Gasteiger charge is -2.05. The molecule has 0 aliphatic heterocycles. The van der Waals surface area contributed by atoms with E-state index in [0.717, 1.165) is 16.3 Å². The molecular formula is C15H15N3OS2. The van der Waals surface area contributed by atoms with Gasteiger partial charge >= 0.3 is 0 Å². The van der Waals surface area contributed by atoms with E-state index in [2.05, 4.69) is 22.5 Å². The second kappa shape index (κ2) is 6.24. The van der Waals surface area contributed by atoms with Crippen molar-refractivity contribution >= 4 is 28.6 Å². The van der Waals surface area contributed by atoms with Gasteiger partial charge < -0.3 is 5.32 Å². The molecular weight excluding hydrogens is 302 g/mol. The summed E-state index contributed by atoms with van der Waals surface area (Å²) < 4.78 is 1.93. The number of aryl methyl sites for hydroxylation is 1. The molecule has 0 aliphatic rings. The number of aromatic nitrogens is 2. The van der Waals surface area contributed by atoms with Crippen LogP contribution in [-0.4, -0.2) is 22.2 Å². The number of thiophene rings is 2. The number of nitrogens with zero attached hydrogens (tertiary/aromatic N) is 2. The first-order chi connectivity index (χ1) is 10.2. The smallest absolute Gasteiger partial charge is 0.261 e. The quantitative estimate of drug-likeness (QED) is 0.784. The SMILES string of the molecule is Cc1cc(-c2cccs2)nn1CCNC(=O)c1cccs1. The number of hydrogen-bond donors (Lipinski definition) is 1. The third-order valence-electron chi connectivity index (χ3n) is 3.11. The summed E-state index contributed by atoms with van der Waals surface area (Å²) in [5.74, 6) is -0.0201. The van der Waals surface area contributed by atoms with Crippen LogP contribution < -0.4 is 5.32 Å². The average Bonchev–Trinajstić information content (AvgIpc) is 3.20. The highest BCUT2D eigenvalue weighted by molar-refractivity contribution is 7.13. The zero-order valence-electron chi connectivity index (χ0n) is 11.6. The molecule has 0 aliphatic carbocycles. The maximum atomic E-state index is 11.8. The predicted octanol–water partition coefficient (Wildman–Crippen LogP) is 3.41. The summed E-state index contributed by atoms with van der Waals surface area (Å²) in [7, 11) is 0. The van der Waals surface area contributed by atoms with Crippen molar-refractivity contribution in [2.24, 2.45) is 0 Å². The summed E-state index contributed by atoms with van der Waals surface area (Å²) in [5.41, 5.74) is 2.09. The fourth-order valence-electron chi connectivity index (χ4n) is 2.05. The number of hydrogen-bond acceptors (Lipinski definition) is 4. The van der Waals surface area contributed by atoms with Gasteiger partial charge in [0.25, 0.3) is 5.91 Å². The molecule has 3 aromatic rings. The Labute approximate surface area is 131 Å². The molecule has 21 heavy (non-hydrogen) atoms. The van der Waals surface area contributed by atoms with Gasteiger partial charge in [0.05, 0.1) is 16.3 Å². The van der Waals surface area contributed by atoms with Crippen LogP contribution in [0.3, 0.4) is 0 Å². The van der Waals surface area contributed by atoms with Crippen molar-refractivity contribution in [2.75, 3.05) is 6.54 Å². The first-order valence-corrected chi connectivity index (χ1v) is 8.40. The number of nitrogens with one attached hydrogen (secondary N) is 1. The largest absolute Gasteiger partial charge is 0.349 e. The highest BCUT2D eigenvalue weighted by Crippen LogP contribution is 2.23. The molecule has 1 N–H and O–H groups in total. The van der Waals surface area contributed by atoms with Crippen LogP contribution in [0.25, 0.3) is 10.6 Å². The van der Waals surface area contributed by atoms with Crippen LogP contribution in [0.2, 0.25) is 0 Å². The maximum Gasteiger partial charge on any atom is 0.261 e. The van der Waals surface area contributed by atoms with Crippen LogP contribution in [0, 0.1) is 6.92 Å². The van der Waals surface area contributed by atoms with E-state index in [4.69, 9.17) is 0 Å². The van der Waals surface area contributed by atoms with Gasteiger partial charge in [-0.15, -0.1) is 22.7 Å². The molecule has 0 fully saturated rings. The highest BCUT2D eigenvalue weighted by atomic mass is 32.1. The summed E-state index contributed by atoms with van der Waals surface area (Å²) in [5, 5.41) is 11.5. The molecule has 0 atom stereocenters. The number of rotatable bonds is 5. The molecule has 3 aromatic heterocycles. The topological polar surface area (TPSA) is 46.9 Å². The lowest BCUT2D eigenvalue weighted by atomic mass is 10.3. The van der Waals surface area contributed by atoms with Crippen molar-refractivity contribution in [1.29, 1.82) is 0 Å². The Morgan fingerprint density at radius 3 is 2.81 bits per heavy atom. The van der Waals surface area contributed by atoms with Gasteiger partial charge in [-0.3, -0.25) is 9.48 Å². The Balaban J connectivity index is 1.60. The molecule has 0 radical (unpaired) electrons. The standard InChI is InChI=1S/C15H15N3OS2/c1-11-10-12(13-4-2-8-20-13)17-18(11)7-6-16-15(19)14-5-3-9-21-14/h2-5,8-10H,6-7H2,1H3,(H,16,19). The molecule has 0 spiro atoms. The Morgan fingerprint density at radius 2 is 2.10 bits per heavy atom. The van der Waals surface area contributed by atoms with Crippen molar-refractivity contribution < 1.29 is 4.79 Å². The first-order valence-electron chi connectivity index (χ1n) is 6.64. The second-order valence-corrected chi connectivity index (χ2v) is 6.50. The summed E-state index contributed by atoms with van der Waals surface area (Å²) >= 11 is 3.13. The Morgan fingerprint density at radius 1 is 1.29 bits per heavy atom. The van der Waals surface area contributed by atoms with E-state index in [1.165, 1.54) is 16.2 Å². The summed E-state index contributed by atoms with van der Waals surface area (Å²) in [6, 6.07) is 9.87. The van der Waals surface area contributed by atoms with E-state index in [1.54, 1.807) is 11.3 Å². The number of carbonyl (C=O) groups excluding carboxylic acids is 1. The zero-order valence-corrected chi connectivity index (χ0v) is 13.2. The molecule has 0 aromatic carbocycles. The molecule has 4 nitrogen and oxygen atoms in total. The van der Waals surface area contributed by atoms with Crippen LogP contribution in [0.15, 0.2) is 41.1 Å². The number of carbonyl (C=O) groups is 1. The molecule has 3 rings (SSSR count). The van der Waals surface area contributed by atoms with E-state index < -0.39 is 0 Å². The van der Waals surface area contributed by atoms with Crippen LogP contribution in [-0.2, 0) is 6.54 Å². The maximum absolute atomic E-state index is 11.8. The molecule has 108 valence electrons. The van der Waals surface area contributed by atoms with E-state index in [-0.39, 0.29) is 5.91 Å². The van der Waals surface area contributed by atoms with Crippen LogP contribution in [0.1, 0.15) is 15.4 Å². The van der Waals surface area contributed by atoms with Gasteiger partial charge in [-0.2, -0.15) is 5.10 Å². The molecule has 0 saturated carbocycles. The van der Waals surface area contributed by atoms with Gasteiger partial charge in [0.15, 0.2) is 0 Å². The second-order valence-electron chi connectivity index (χ2n) is 4.60. The molecule has 0 saturated heterocycles. The van der Waals surface area contributed by atoms with Crippen molar-refractivity contribution in [3.8, 4) is 10.6 Å². The summed E-state index contributed by atoms with van der Waals surface area (Å²) in [6.45, 7) is 3.28. The molecule has 0 bridgehead atoms. The fraction of sp³-hybridized carbons (Fsp3) is 0.200. The van der Waals surface area contributed by atoms with Crippen molar-refractivity contribution in [1.82, 2.24) is 15.1 Å². The molecule has 1 amide bonds. The third-order valence-corrected chi connectivity index (χ3v) is 4.87. The normalized spacial score (nSPS) is 10.7. The van der Waals surface area contributed by atoms with Gasteiger partial charge in [0, 0.05) is 12.2 Å². The molecule has 3 heterocycles. The Kier molecular flexibility index (Phi) is 4.17. The average molecular weight is 317 g/mol. The predicted molar refractivity (Wildman–Crippen MR) is 86.9 cm³/mol. The minimum absolute atomic E-state index is 0.0201. The van der Waals surface area contributed by atoms with Crippen LogP contribution in [0.5, 0.6) is 0 Å². The van der Waals surface area contributed by atoms with E-state index in [9.17, 15) is 4.79 Å². The van der Waals surface area contributed by atoms with Crippen LogP contribution in [0.4, 0.5) is 0 Å². The first kappa shape index (κ1) is 14.0. The van der Waals surface area contributed by atoms with Gasteiger partial charge in [0.2, 0.25) is 0 Å². The van der Waals surface area contributed by atoms with Gasteiger partial charge in [0.1, 0.15) is 5.69 Å². The third kappa shape index (κ3) is 3.22. The lowest BCUT2D eigenvalue weighted by molar-refractivity contribution is 0.0956. The zero-order chi connectivity index (χ0) is 14.7. The lowest BCUT2D eigenvalue weighted by Crippen LogP contribution is -2.27. The monoisotopic (exact) mass is 317 g/mol. The minimum Gasteiger partial charge on any atom is -0.349 e. The molecule has 0 unspecified atom stereocenters. The van der Waals surface area contributed by atoms with Gasteiger partial charge in [-0.1, -0.05) is 12.1 Å². The molecule has 6 heteroatoms. The van der Waals surface area contributed by atoms with Crippen LogP contribution >= 0.6 is 22.7 Å². The Bertz CT molecular complexity index is 714. The number of amides is 1. The highest BCUT2D eigenvalue weighted by Gasteiger charge is 2.09. The summed E-state index contributed by atoms with van der Waals surface area (Å²) in [4.78, 5) is 13.8. The van der Waals surface area contributed by atoms with Crippen molar-refractivity contribution in [3.63, 3.8) is 0 Å². The van der Waals surface area contributed by atoms with E-state index >= 15 is 0 Å². The van der Waals surface area contributed by atoms with E-state index in [0.29, 0.717) is 13.1 Å². The van der Waals surface area contributed by atoms with Crippen molar-refractivity contribution in [3.05, 3.63) is 51.7 Å². The fourth-order valence-corrected chi connectivity index (χ4v) is 3.37. The van der Waals surface area contributed by atoms with Crippen molar-refractivity contribution in [2.45, 2.75) is 13.5 Å². The van der Waals surface area contributed by atoms with E-state index in [1.807, 2.05) is 40.6 Å². The van der Waals surface area contributed by atoms with Gasteiger partial charge in [-0.05, 0) is 35.9 Å². The summed E-state index contributed by atoms with van der Waals surface area (Å²) in [6.07, 6.45) is 0. The van der Waals surface area contributed by atoms with Gasteiger partial charge in [-0.25, -0.2) is 0 Å².